The summed E-state index contributed by atoms with van der Waals surface area (Å²) in [6, 6.07) is 13.1. The maximum atomic E-state index is 13.0. The van der Waals surface area contributed by atoms with Gasteiger partial charge >= 0.3 is 5.97 Å². The third kappa shape index (κ3) is 4.22. The van der Waals surface area contributed by atoms with E-state index in [0.29, 0.717) is 23.6 Å². The minimum atomic E-state index is -0.458. The van der Waals surface area contributed by atoms with Gasteiger partial charge in [0.2, 0.25) is 0 Å². The van der Waals surface area contributed by atoms with Gasteiger partial charge in [-0.3, -0.25) is 0 Å². The summed E-state index contributed by atoms with van der Waals surface area (Å²) in [5.41, 5.74) is 1.86. The second kappa shape index (κ2) is 7.90. The summed E-state index contributed by atoms with van der Waals surface area (Å²) in [6.07, 6.45) is 0. The zero-order valence-electron chi connectivity index (χ0n) is 13.6. The van der Waals surface area contributed by atoms with Crippen molar-refractivity contribution in [3.05, 3.63) is 71.0 Å². The molecular weight excluding hydrogens is 341 g/mol. The van der Waals surface area contributed by atoms with E-state index in [1.54, 1.807) is 36.4 Å². The molecule has 0 aliphatic carbocycles. The van der Waals surface area contributed by atoms with E-state index in [9.17, 15) is 9.18 Å². The van der Waals surface area contributed by atoms with Crippen molar-refractivity contribution in [1.29, 1.82) is 0 Å². The van der Waals surface area contributed by atoms with Crippen LogP contribution in [0.1, 0.15) is 23.0 Å². The monoisotopic (exact) mass is 357 g/mol. The average molecular weight is 357 g/mol. The van der Waals surface area contributed by atoms with Crippen molar-refractivity contribution >= 4 is 17.3 Å². The Morgan fingerprint density at radius 2 is 1.92 bits per heavy atom. The number of carbonyl (C=O) groups excluding carboxylic acids is 1. The number of nitrogens with zero attached hydrogens (tertiary/aromatic N) is 1. The Morgan fingerprint density at radius 1 is 1.16 bits per heavy atom. The number of hydrogen-bond donors (Lipinski definition) is 0. The lowest BCUT2D eigenvalue weighted by molar-refractivity contribution is 0.0464. The van der Waals surface area contributed by atoms with E-state index in [0.717, 1.165) is 10.6 Å². The molecule has 0 saturated carbocycles. The van der Waals surface area contributed by atoms with Crippen LogP contribution >= 0.6 is 11.3 Å². The van der Waals surface area contributed by atoms with E-state index < -0.39 is 5.97 Å². The molecule has 0 fully saturated rings. The molecule has 0 spiro atoms. The van der Waals surface area contributed by atoms with Gasteiger partial charge in [0.1, 0.15) is 28.7 Å². The maximum Gasteiger partial charge on any atom is 0.342 e. The van der Waals surface area contributed by atoms with Gasteiger partial charge in [-0.2, -0.15) is 0 Å². The number of rotatable bonds is 6. The van der Waals surface area contributed by atoms with Gasteiger partial charge in [0.05, 0.1) is 12.3 Å². The fourth-order valence-electron chi connectivity index (χ4n) is 2.23. The van der Waals surface area contributed by atoms with Gasteiger partial charge in [0.15, 0.2) is 0 Å². The Kier molecular flexibility index (Phi) is 5.40. The highest BCUT2D eigenvalue weighted by molar-refractivity contribution is 7.13. The predicted molar refractivity (Wildman–Crippen MR) is 94.2 cm³/mol. The number of ether oxygens (including phenoxy) is 2. The first-order chi connectivity index (χ1) is 12.2. The van der Waals surface area contributed by atoms with Crippen LogP contribution in [-0.2, 0) is 11.3 Å². The van der Waals surface area contributed by atoms with E-state index in [1.165, 1.54) is 23.5 Å². The largest absolute Gasteiger partial charge is 0.493 e. The first-order valence-electron chi connectivity index (χ1n) is 7.76. The maximum absolute atomic E-state index is 13.0. The number of aromatic nitrogens is 1. The predicted octanol–water partition coefficient (Wildman–Crippen LogP) is 4.70. The molecule has 6 heteroatoms. The van der Waals surface area contributed by atoms with Gasteiger partial charge in [0, 0.05) is 10.9 Å². The van der Waals surface area contributed by atoms with E-state index in [1.807, 2.05) is 12.3 Å². The molecule has 1 aromatic heterocycles. The number of benzene rings is 2. The molecule has 128 valence electrons. The van der Waals surface area contributed by atoms with Crippen molar-refractivity contribution < 1.29 is 18.7 Å². The molecule has 0 atom stereocenters. The number of hydrogen-bond acceptors (Lipinski definition) is 5. The van der Waals surface area contributed by atoms with Gasteiger partial charge in [-0.15, -0.1) is 11.3 Å². The van der Waals surface area contributed by atoms with E-state index in [-0.39, 0.29) is 12.4 Å². The fraction of sp³-hybridized carbons (Fsp3) is 0.158. The van der Waals surface area contributed by atoms with Crippen LogP contribution in [-0.4, -0.2) is 17.6 Å². The highest BCUT2D eigenvalue weighted by Crippen LogP contribution is 2.25. The van der Waals surface area contributed by atoms with Gasteiger partial charge in [-0.25, -0.2) is 14.2 Å². The molecule has 2 aromatic carbocycles. The third-order valence-corrected chi connectivity index (χ3v) is 4.34. The summed E-state index contributed by atoms with van der Waals surface area (Å²) in [6.45, 7) is 2.39. The number of thiazole rings is 1. The molecule has 0 bridgehead atoms. The van der Waals surface area contributed by atoms with Crippen LogP contribution in [0.2, 0.25) is 0 Å². The van der Waals surface area contributed by atoms with Gasteiger partial charge in [0.25, 0.3) is 0 Å². The number of para-hydroxylation sites is 1. The van der Waals surface area contributed by atoms with E-state index in [4.69, 9.17) is 9.47 Å². The average Bonchev–Trinajstić information content (AvgIpc) is 3.10. The molecule has 0 saturated heterocycles. The van der Waals surface area contributed by atoms with Gasteiger partial charge in [-0.1, -0.05) is 12.1 Å². The molecular formula is C19H16FNO3S. The van der Waals surface area contributed by atoms with Crippen molar-refractivity contribution in [3.63, 3.8) is 0 Å². The SMILES string of the molecule is CCOc1ccccc1C(=O)OCc1csc(-c2ccc(F)cc2)n1. The second-order valence-corrected chi connectivity index (χ2v) is 6.01. The molecule has 0 unspecified atom stereocenters. The number of esters is 1. The van der Waals surface area contributed by atoms with Crippen LogP contribution in [0.5, 0.6) is 5.75 Å². The van der Waals surface area contributed by atoms with Crippen LogP contribution in [0, 0.1) is 5.82 Å². The Bertz CT molecular complexity index is 861. The first-order valence-corrected chi connectivity index (χ1v) is 8.64. The summed E-state index contributed by atoms with van der Waals surface area (Å²) < 4.78 is 23.8. The third-order valence-electron chi connectivity index (χ3n) is 3.40. The second-order valence-electron chi connectivity index (χ2n) is 5.16. The topological polar surface area (TPSA) is 48.4 Å². The molecule has 0 N–H and O–H groups in total. The lowest BCUT2D eigenvalue weighted by Gasteiger charge is -2.09. The molecule has 3 rings (SSSR count). The number of carbonyl (C=O) groups is 1. The Hall–Kier alpha value is -2.73. The van der Waals surface area contributed by atoms with Crippen LogP contribution in [0.15, 0.2) is 53.9 Å². The molecule has 1 heterocycles. The van der Waals surface area contributed by atoms with Crippen LogP contribution in [0.25, 0.3) is 10.6 Å². The van der Waals surface area contributed by atoms with Crippen molar-refractivity contribution in [3.8, 4) is 16.3 Å². The summed E-state index contributed by atoms with van der Waals surface area (Å²) >= 11 is 1.42. The normalized spacial score (nSPS) is 10.5. The van der Waals surface area contributed by atoms with Crippen LogP contribution < -0.4 is 4.74 Å². The van der Waals surface area contributed by atoms with Gasteiger partial charge in [-0.05, 0) is 43.3 Å². The molecule has 3 aromatic rings. The summed E-state index contributed by atoms with van der Waals surface area (Å²) in [7, 11) is 0. The molecule has 0 aliphatic heterocycles. The lowest BCUT2D eigenvalue weighted by atomic mass is 10.2. The zero-order chi connectivity index (χ0) is 17.6. The molecule has 4 nitrogen and oxygen atoms in total. The van der Waals surface area contributed by atoms with E-state index >= 15 is 0 Å². The van der Waals surface area contributed by atoms with Crippen LogP contribution in [0.4, 0.5) is 4.39 Å². The quantitative estimate of drug-likeness (QED) is 0.600. The van der Waals surface area contributed by atoms with Crippen molar-refractivity contribution in [2.75, 3.05) is 6.61 Å². The van der Waals surface area contributed by atoms with E-state index in [2.05, 4.69) is 4.98 Å². The minimum Gasteiger partial charge on any atom is -0.493 e. The molecule has 0 radical (unpaired) electrons. The lowest BCUT2D eigenvalue weighted by Crippen LogP contribution is -2.08. The molecule has 0 aliphatic rings. The zero-order valence-corrected chi connectivity index (χ0v) is 14.4. The highest BCUT2D eigenvalue weighted by atomic mass is 32.1. The molecule has 25 heavy (non-hydrogen) atoms. The highest BCUT2D eigenvalue weighted by Gasteiger charge is 2.14. The Labute approximate surface area is 148 Å². The summed E-state index contributed by atoms with van der Waals surface area (Å²) in [5, 5.41) is 2.57. The number of halogens is 1. The minimum absolute atomic E-state index is 0.0665. The van der Waals surface area contributed by atoms with Crippen molar-refractivity contribution in [2.45, 2.75) is 13.5 Å². The molecule has 0 amide bonds. The standard InChI is InChI=1S/C19H16FNO3S/c1-2-23-17-6-4-3-5-16(17)19(22)24-11-15-12-25-18(21-15)13-7-9-14(20)10-8-13/h3-10,12H,2,11H2,1H3. The Morgan fingerprint density at radius 3 is 2.68 bits per heavy atom. The van der Waals surface area contributed by atoms with Gasteiger partial charge < -0.3 is 9.47 Å². The van der Waals surface area contributed by atoms with Crippen LogP contribution in [0.3, 0.4) is 0 Å². The summed E-state index contributed by atoms with van der Waals surface area (Å²) in [5.74, 6) is -0.247. The van der Waals surface area contributed by atoms with Crippen molar-refractivity contribution in [1.82, 2.24) is 4.98 Å². The smallest absolute Gasteiger partial charge is 0.342 e. The fourth-order valence-corrected chi connectivity index (χ4v) is 3.04. The first kappa shape index (κ1) is 17.1. The van der Waals surface area contributed by atoms with Crippen molar-refractivity contribution in [2.24, 2.45) is 0 Å². The summed E-state index contributed by atoms with van der Waals surface area (Å²) in [4.78, 5) is 16.7. The Balaban J connectivity index is 1.66.